The number of amides is 1. The zero-order chi connectivity index (χ0) is 12.5. The molecule has 0 N–H and O–H groups in total. The van der Waals surface area contributed by atoms with Crippen LogP contribution in [0.4, 0.5) is 0 Å². The summed E-state index contributed by atoms with van der Waals surface area (Å²) in [5.74, 6) is 0.941. The molecular weight excluding hydrogens is 258 g/mol. The molecule has 0 radical (unpaired) electrons. The first-order valence-corrected chi connectivity index (χ1v) is 7.02. The number of halogens is 1. The monoisotopic (exact) mass is 273 g/mol. The Morgan fingerprint density at radius 2 is 2.29 bits per heavy atom. The van der Waals surface area contributed by atoms with E-state index >= 15 is 0 Å². The van der Waals surface area contributed by atoms with E-state index in [1.54, 1.807) is 6.07 Å². The lowest BCUT2D eigenvalue weighted by molar-refractivity contribution is 0.0764. The fourth-order valence-electron chi connectivity index (χ4n) is 1.84. The van der Waals surface area contributed by atoms with Gasteiger partial charge in [-0.2, -0.15) is 11.8 Å². The molecule has 2 rings (SSSR count). The molecule has 0 spiro atoms. The molecule has 17 heavy (non-hydrogen) atoms. The molecule has 1 aliphatic rings. The maximum atomic E-state index is 12.2. The summed E-state index contributed by atoms with van der Waals surface area (Å²) in [4.78, 5) is 14.1. The van der Waals surface area contributed by atoms with Crippen molar-refractivity contribution in [3.63, 3.8) is 0 Å². The molecule has 94 valence electrons. The molecule has 1 aliphatic heterocycles. The Balaban J connectivity index is 2.08. The fourth-order valence-corrected chi connectivity index (χ4v) is 3.14. The second kappa shape index (κ2) is 4.94. The number of carbonyl (C=O) groups is 1. The highest BCUT2D eigenvalue weighted by Crippen LogP contribution is 2.31. The molecule has 0 aliphatic carbocycles. The first-order chi connectivity index (χ1) is 7.99. The Morgan fingerprint density at radius 1 is 1.53 bits per heavy atom. The molecule has 0 aromatic carbocycles. The average molecular weight is 274 g/mol. The van der Waals surface area contributed by atoms with E-state index in [4.69, 9.17) is 16.0 Å². The van der Waals surface area contributed by atoms with Crippen LogP contribution in [0.5, 0.6) is 0 Å². The molecule has 0 unspecified atom stereocenters. The highest BCUT2D eigenvalue weighted by Gasteiger charge is 2.27. The van der Waals surface area contributed by atoms with E-state index in [2.05, 4.69) is 13.8 Å². The van der Waals surface area contributed by atoms with Crippen molar-refractivity contribution < 1.29 is 9.21 Å². The topological polar surface area (TPSA) is 33.5 Å². The van der Waals surface area contributed by atoms with Gasteiger partial charge in [-0.1, -0.05) is 13.8 Å². The van der Waals surface area contributed by atoms with Crippen molar-refractivity contribution in [1.82, 2.24) is 4.90 Å². The standard InChI is InChI=1S/C12H16ClNO2S/c1-12(2)4-5-14(6-8-17-12)11(15)9-3-7-16-10(9)13/h3,7H,4-6,8H2,1-2H3. The number of thioether (sulfide) groups is 1. The van der Waals surface area contributed by atoms with Crippen LogP contribution < -0.4 is 0 Å². The van der Waals surface area contributed by atoms with Gasteiger partial charge >= 0.3 is 0 Å². The highest BCUT2D eigenvalue weighted by atomic mass is 35.5. The van der Waals surface area contributed by atoms with Gasteiger partial charge in [0.1, 0.15) is 0 Å². The number of rotatable bonds is 1. The first-order valence-electron chi connectivity index (χ1n) is 5.66. The van der Waals surface area contributed by atoms with Crippen LogP contribution in [-0.2, 0) is 0 Å². The number of nitrogens with zero attached hydrogens (tertiary/aromatic N) is 1. The van der Waals surface area contributed by atoms with Gasteiger partial charge in [0.2, 0.25) is 5.22 Å². The van der Waals surface area contributed by atoms with Gasteiger partial charge in [0.25, 0.3) is 5.91 Å². The van der Waals surface area contributed by atoms with E-state index in [0.717, 1.165) is 25.3 Å². The quantitative estimate of drug-likeness (QED) is 0.787. The van der Waals surface area contributed by atoms with E-state index in [-0.39, 0.29) is 15.9 Å². The molecule has 1 saturated heterocycles. The van der Waals surface area contributed by atoms with E-state index in [9.17, 15) is 4.79 Å². The second-order valence-corrected chi connectivity index (χ2v) is 6.90. The zero-order valence-corrected chi connectivity index (χ0v) is 11.6. The second-order valence-electron chi connectivity index (χ2n) is 4.76. The van der Waals surface area contributed by atoms with Gasteiger partial charge in [-0.25, -0.2) is 0 Å². The van der Waals surface area contributed by atoms with Crippen LogP contribution in [0.2, 0.25) is 5.22 Å². The molecule has 0 saturated carbocycles. The highest BCUT2D eigenvalue weighted by molar-refractivity contribution is 8.00. The normalized spacial score (nSPS) is 20.1. The Labute approximate surface area is 110 Å². The van der Waals surface area contributed by atoms with Gasteiger partial charge in [0.15, 0.2) is 0 Å². The number of hydrogen-bond donors (Lipinski definition) is 0. The van der Waals surface area contributed by atoms with Crippen LogP contribution in [0.1, 0.15) is 30.6 Å². The average Bonchev–Trinajstić information content (AvgIpc) is 2.59. The molecule has 0 atom stereocenters. The third-order valence-corrected chi connectivity index (χ3v) is 4.64. The SMILES string of the molecule is CC1(C)CCN(C(=O)c2ccoc2Cl)CCS1. The number of carbonyl (C=O) groups excluding carboxylic acids is 1. The molecule has 0 bridgehead atoms. The zero-order valence-electron chi connectivity index (χ0n) is 10.0. The Hall–Kier alpha value is -0.610. The summed E-state index contributed by atoms with van der Waals surface area (Å²) in [7, 11) is 0. The molecule has 2 heterocycles. The van der Waals surface area contributed by atoms with Crippen LogP contribution in [0.3, 0.4) is 0 Å². The summed E-state index contributed by atoms with van der Waals surface area (Å²) in [5, 5.41) is 0.186. The largest absolute Gasteiger partial charge is 0.452 e. The molecule has 1 aromatic heterocycles. The van der Waals surface area contributed by atoms with Gasteiger partial charge in [-0.3, -0.25) is 4.79 Å². The Morgan fingerprint density at radius 3 is 2.94 bits per heavy atom. The molecule has 1 fully saturated rings. The summed E-state index contributed by atoms with van der Waals surface area (Å²) in [6.45, 7) is 5.99. The lowest BCUT2D eigenvalue weighted by atomic mass is 10.1. The summed E-state index contributed by atoms with van der Waals surface area (Å²) in [6, 6.07) is 1.63. The van der Waals surface area contributed by atoms with E-state index in [1.165, 1.54) is 6.26 Å². The van der Waals surface area contributed by atoms with Gasteiger partial charge in [-0.05, 0) is 24.1 Å². The maximum absolute atomic E-state index is 12.2. The van der Waals surface area contributed by atoms with Gasteiger partial charge in [-0.15, -0.1) is 0 Å². The van der Waals surface area contributed by atoms with E-state index in [1.807, 2.05) is 16.7 Å². The van der Waals surface area contributed by atoms with Crippen LogP contribution in [0, 0.1) is 0 Å². The van der Waals surface area contributed by atoms with Crippen molar-refractivity contribution in [2.75, 3.05) is 18.8 Å². The Kier molecular flexibility index (Phi) is 3.73. The number of furan rings is 1. The lowest BCUT2D eigenvalue weighted by Gasteiger charge is -2.22. The summed E-state index contributed by atoms with van der Waals surface area (Å²) >= 11 is 7.74. The van der Waals surface area contributed by atoms with Gasteiger partial charge in [0.05, 0.1) is 11.8 Å². The molecule has 1 amide bonds. The van der Waals surface area contributed by atoms with Crippen molar-refractivity contribution in [1.29, 1.82) is 0 Å². The smallest absolute Gasteiger partial charge is 0.258 e. The summed E-state index contributed by atoms with van der Waals surface area (Å²) < 4.78 is 5.21. The van der Waals surface area contributed by atoms with Crippen LogP contribution >= 0.6 is 23.4 Å². The third-order valence-electron chi connectivity index (χ3n) is 2.97. The molecule has 5 heteroatoms. The minimum Gasteiger partial charge on any atom is -0.452 e. The summed E-state index contributed by atoms with van der Waals surface area (Å²) in [6.07, 6.45) is 2.45. The minimum atomic E-state index is -0.0259. The predicted octanol–water partition coefficient (Wildman–Crippen LogP) is 3.29. The van der Waals surface area contributed by atoms with Crippen molar-refractivity contribution in [2.24, 2.45) is 0 Å². The van der Waals surface area contributed by atoms with Crippen LogP contribution in [0.15, 0.2) is 16.7 Å². The Bertz CT molecular complexity index is 416. The van der Waals surface area contributed by atoms with E-state index in [0.29, 0.717) is 5.56 Å². The molecule has 3 nitrogen and oxygen atoms in total. The number of hydrogen-bond acceptors (Lipinski definition) is 3. The minimum absolute atomic E-state index is 0.0259. The van der Waals surface area contributed by atoms with Crippen molar-refractivity contribution in [3.05, 3.63) is 23.1 Å². The van der Waals surface area contributed by atoms with Crippen molar-refractivity contribution in [3.8, 4) is 0 Å². The maximum Gasteiger partial charge on any atom is 0.258 e. The van der Waals surface area contributed by atoms with Crippen LogP contribution in [-0.4, -0.2) is 34.4 Å². The van der Waals surface area contributed by atoms with Gasteiger partial charge < -0.3 is 9.32 Å². The fraction of sp³-hybridized carbons (Fsp3) is 0.583. The van der Waals surface area contributed by atoms with Crippen molar-refractivity contribution >= 4 is 29.3 Å². The molecular formula is C12H16ClNO2S. The molecule has 1 aromatic rings. The van der Waals surface area contributed by atoms with Crippen LogP contribution in [0.25, 0.3) is 0 Å². The lowest BCUT2D eigenvalue weighted by Crippen LogP contribution is -2.33. The van der Waals surface area contributed by atoms with E-state index < -0.39 is 0 Å². The summed E-state index contributed by atoms with van der Waals surface area (Å²) in [5.41, 5.74) is 0.469. The van der Waals surface area contributed by atoms with Gasteiger partial charge in [0, 0.05) is 23.6 Å². The first kappa shape index (κ1) is 12.8. The third kappa shape index (κ3) is 2.99. The van der Waals surface area contributed by atoms with Crippen molar-refractivity contribution in [2.45, 2.75) is 25.0 Å². The predicted molar refractivity (Wildman–Crippen MR) is 70.8 cm³/mol.